The van der Waals surface area contributed by atoms with Crippen molar-refractivity contribution in [3.05, 3.63) is 22.6 Å². The summed E-state index contributed by atoms with van der Waals surface area (Å²) < 4.78 is 8.93. The zero-order chi connectivity index (χ0) is 19.2. The van der Waals surface area contributed by atoms with Crippen LogP contribution in [0, 0.1) is 0 Å². The maximum absolute atomic E-state index is 12.3. The highest BCUT2D eigenvalue weighted by Crippen LogP contribution is 2.24. The molecule has 0 radical (unpaired) electrons. The lowest BCUT2D eigenvalue weighted by molar-refractivity contribution is 0.0366. The first-order chi connectivity index (χ1) is 12.8. The number of imidazole rings is 2. The van der Waals surface area contributed by atoms with Crippen molar-refractivity contribution in [1.29, 1.82) is 0 Å². The second-order valence-corrected chi connectivity index (χ2v) is 7.76. The number of rotatable bonds is 5. The third kappa shape index (κ3) is 3.58. The standard InChI is InChI=1S/C18H26N6O3/c1-18(2,26)11-24-15-10-14-12(9-13(15)21-17(24)25)20-16(19)23(14)4-3-22-5-7-27-8-6-22/h9-10,26H,3-8,11H2,1-2H3,(H2,19,20)(H,21,25). The van der Waals surface area contributed by atoms with E-state index in [1.54, 1.807) is 18.4 Å². The van der Waals surface area contributed by atoms with Crippen LogP contribution in [0.1, 0.15) is 13.8 Å². The molecule has 9 heteroatoms. The van der Waals surface area contributed by atoms with Crippen LogP contribution in [0.15, 0.2) is 16.9 Å². The lowest BCUT2D eigenvalue weighted by Crippen LogP contribution is -2.38. The van der Waals surface area contributed by atoms with Gasteiger partial charge in [0.15, 0.2) is 0 Å². The molecular formula is C18H26N6O3. The van der Waals surface area contributed by atoms with Crippen molar-refractivity contribution in [3.63, 3.8) is 0 Å². The Morgan fingerprint density at radius 1 is 1.22 bits per heavy atom. The summed E-state index contributed by atoms with van der Waals surface area (Å²) in [6, 6.07) is 3.77. The molecule has 3 aromatic rings. The van der Waals surface area contributed by atoms with E-state index in [-0.39, 0.29) is 12.2 Å². The predicted molar refractivity (Wildman–Crippen MR) is 104 cm³/mol. The van der Waals surface area contributed by atoms with Gasteiger partial charge in [-0.3, -0.25) is 9.47 Å². The molecule has 3 heterocycles. The molecule has 0 aliphatic carbocycles. The van der Waals surface area contributed by atoms with Crippen molar-refractivity contribution < 1.29 is 9.84 Å². The molecule has 1 aliphatic rings. The number of fused-ring (bicyclic) bond motifs is 2. The number of benzene rings is 1. The van der Waals surface area contributed by atoms with Crippen molar-refractivity contribution in [2.45, 2.75) is 32.5 Å². The average molecular weight is 374 g/mol. The molecule has 1 aliphatic heterocycles. The second-order valence-electron chi connectivity index (χ2n) is 7.76. The number of hydrogen-bond acceptors (Lipinski definition) is 6. The number of aromatic nitrogens is 4. The molecule has 1 fully saturated rings. The summed E-state index contributed by atoms with van der Waals surface area (Å²) in [5, 5.41) is 10.1. The molecule has 0 atom stereocenters. The van der Waals surface area contributed by atoms with Crippen LogP contribution in [0.25, 0.3) is 22.1 Å². The minimum Gasteiger partial charge on any atom is -0.389 e. The van der Waals surface area contributed by atoms with Crippen LogP contribution in [-0.4, -0.2) is 67.6 Å². The summed E-state index contributed by atoms with van der Waals surface area (Å²) in [6.45, 7) is 8.49. The maximum atomic E-state index is 12.3. The van der Waals surface area contributed by atoms with Gasteiger partial charge in [0.2, 0.25) is 5.95 Å². The lowest BCUT2D eigenvalue weighted by atomic mass is 10.1. The summed E-state index contributed by atoms with van der Waals surface area (Å²) in [5.74, 6) is 0.460. The lowest BCUT2D eigenvalue weighted by Gasteiger charge is -2.26. The van der Waals surface area contributed by atoms with Gasteiger partial charge in [-0.25, -0.2) is 9.78 Å². The number of aliphatic hydroxyl groups is 1. The van der Waals surface area contributed by atoms with Gasteiger partial charge in [0.25, 0.3) is 0 Å². The van der Waals surface area contributed by atoms with Gasteiger partial charge in [-0.15, -0.1) is 0 Å². The Morgan fingerprint density at radius 2 is 1.96 bits per heavy atom. The fourth-order valence-corrected chi connectivity index (χ4v) is 3.64. The Bertz CT molecular complexity index is 1020. The summed E-state index contributed by atoms with van der Waals surface area (Å²) in [6.07, 6.45) is 0. The number of nitrogens with zero attached hydrogens (tertiary/aromatic N) is 4. The maximum Gasteiger partial charge on any atom is 0.326 e. The van der Waals surface area contributed by atoms with E-state index in [0.29, 0.717) is 18.0 Å². The molecule has 0 spiro atoms. The fourth-order valence-electron chi connectivity index (χ4n) is 3.64. The first-order valence-corrected chi connectivity index (χ1v) is 9.22. The number of hydrogen-bond donors (Lipinski definition) is 3. The Kier molecular flexibility index (Phi) is 4.45. The van der Waals surface area contributed by atoms with Crippen LogP contribution in [-0.2, 0) is 17.8 Å². The zero-order valence-electron chi connectivity index (χ0n) is 15.7. The van der Waals surface area contributed by atoms with Gasteiger partial charge in [0, 0.05) is 26.2 Å². The SMILES string of the molecule is CC(C)(O)Cn1c(=O)[nH]c2cc3nc(N)n(CCN4CCOCC4)c3cc21. The average Bonchev–Trinajstić information content (AvgIpc) is 3.06. The summed E-state index contributed by atoms with van der Waals surface area (Å²) in [4.78, 5) is 22.0. The summed E-state index contributed by atoms with van der Waals surface area (Å²) >= 11 is 0. The molecule has 1 saturated heterocycles. The van der Waals surface area contributed by atoms with E-state index < -0.39 is 5.60 Å². The predicted octanol–water partition coefficient (Wildman–Crippen LogP) is 0.365. The van der Waals surface area contributed by atoms with E-state index in [1.165, 1.54) is 0 Å². The number of nitrogens with one attached hydrogen (secondary N) is 1. The first kappa shape index (κ1) is 18.0. The van der Waals surface area contributed by atoms with Crippen LogP contribution >= 0.6 is 0 Å². The van der Waals surface area contributed by atoms with Crippen molar-refractivity contribution in [2.75, 3.05) is 38.6 Å². The highest BCUT2D eigenvalue weighted by atomic mass is 16.5. The smallest absolute Gasteiger partial charge is 0.326 e. The largest absolute Gasteiger partial charge is 0.389 e. The molecule has 0 saturated carbocycles. The van der Waals surface area contributed by atoms with Gasteiger partial charge >= 0.3 is 5.69 Å². The van der Waals surface area contributed by atoms with E-state index in [9.17, 15) is 9.90 Å². The van der Waals surface area contributed by atoms with Crippen molar-refractivity contribution in [3.8, 4) is 0 Å². The Balaban J connectivity index is 1.72. The third-order valence-corrected chi connectivity index (χ3v) is 4.96. The summed E-state index contributed by atoms with van der Waals surface area (Å²) in [5.41, 5.74) is 7.98. The molecule has 1 aromatic carbocycles. The quantitative estimate of drug-likeness (QED) is 0.594. The molecule has 4 N–H and O–H groups in total. The number of anilines is 1. The number of nitrogens with two attached hydrogens (primary N) is 1. The fraction of sp³-hybridized carbons (Fsp3) is 0.556. The topological polar surface area (TPSA) is 114 Å². The van der Waals surface area contributed by atoms with Crippen LogP contribution in [0.5, 0.6) is 0 Å². The Morgan fingerprint density at radius 3 is 2.67 bits per heavy atom. The summed E-state index contributed by atoms with van der Waals surface area (Å²) in [7, 11) is 0. The molecule has 9 nitrogen and oxygen atoms in total. The highest BCUT2D eigenvalue weighted by Gasteiger charge is 2.19. The van der Waals surface area contributed by atoms with Gasteiger partial charge in [0.05, 0.1) is 47.4 Å². The molecule has 0 amide bonds. The normalized spacial score (nSPS) is 16.6. The van der Waals surface area contributed by atoms with E-state index in [2.05, 4.69) is 14.9 Å². The molecule has 27 heavy (non-hydrogen) atoms. The Labute approximate surface area is 156 Å². The highest BCUT2D eigenvalue weighted by molar-refractivity contribution is 5.92. The molecule has 2 aromatic heterocycles. The van der Waals surface area contributed by atoms with Crippen LogP contribution < -0.4 is 11.4 Å². The molecule has 0 bridgehead atoms. The van der Waals surface area contributed by atoms with E-state index in [0.717, 1.165) is 49.4 Å². The molecule has 0 unspecified atom stereocenters. The third-order valence-electron chi connectivity index (χ3n) is 4.96. The van der Waals surface area contributed by atoms with Gasteiger partial charge < -0.3 is 25.1 Å². The second kappa shape index (κ2) is 6.66. The molecular weight excluding hydrogens is 348 g/mol. The molecule has 4 rings (SSSR count). The minimum absolute atomic E-state index is 0.203. The van der Waals surface area contributed by atoms with Gasteiger partial charge in [-0.05, 0) is 26.0 Å². The van der Waals surface area contributed by atoms with Gasteiger partial charge in [-0.2, -0.15) is 0 Å². The van der Waals surface area contributed by atoms with Crippen LogP contribution in [0.3, 0.4) is 0 Å². The zero-order valence-corrected chi connectivity index (χ0v) is 15.7. The molecule has 146 valence electrons. The van der Waals surface area contributed by atoms with Gasteiger partial charge in [0.1, 0.15) is 0 Å². The first-order valence-electron chi connectivity index (χ1n) is 9.22. The van der Waals surface area contributed by atoms with E-state index in [1.807, 2.05) is 16.7 Å². The van der Waals surface area contributed by atoms with Crippen molar-refractivity contribution in [1.82, 2.24) is 24.0 Å². The monoisotopic (exact) mass is 374 g/mol. The van der Waals surface area contributed by atoms with Gasteiger partial charge in [-0.1, -0.05) is 0 Å². The number of aromatic amines is 1. The van der Waals surface area contributed by atoms with Crippen LogP contribution in [0.4, 0.5) is 5.95 Å². The van der Waals surface area contributed by atoms with E-state index in [4.69, 9.17) is 10.5 Å². The van der Waals surface area contributed by atoms with Crippen molar-refractivity contribution in [2.24, 2.45) is 0 Å². The van der Waals surface area contributed by atoms with Crippen molar-refractivity contribution >= 4 is 28.0 Å². The van der Waals surface area contributed by atoms with E-state index >= 15 is 0 Å². The minimum atomic E-state index is -0.997. The number of morpholine rings is 1. The number of ether oxygens (including phenoxy) is 1. The number of nitrogen functional groups attached to an aromatic ring is 1. The Hall–Kier alpha value is -2.36. The number of H-pyrrole nitrogens is 1. The van der Waals surface area contributed by atoms with Crippen LogP contribution in [0.2, 0.25) is 0 Å².